The lowest BCUT2D eigenvalue weighted by Crippen LogP contribution is -2.30. The Balaban J connectivity index is 1.69. The summed E-state index contributed by atoms with van der Waals surface area (Å²) in [5.41, 5.74) is 2.76. The molecule has 8 nitrogen and oxygen atoms in total. The van der Waals surface area contributed by atoms with Crippen LogP contribution < -0.4 is 10.9 Å². The third-order valence-electron chi connectivity index (χ3n) is 5.22. The number of halogens is 1. The zero-order valence-corrected chi connectivity index (χ0v) is 18.3. The van der Waals surface area contributed by atoms with Gasteiger partial charge in [0.2, 0.25) is 0 Å². The van der Waals surface area contributed by atoms with Gasteiger partial charge in [-0.15, -0.1) is 0 Å². The summed E-state index contributed by atoms with van der Waals surface area (Å²) in [6.45, 7) is 2.17. The minimum atomic E-state index is -0.536. The van der Waals surface area contributed by atoms with Crippen LogP contribution in [0.4, 0.5) is 4.79 Å². The number of imide groups is 1. The van der Waals surface area contributed by atoms with Gasteiger partial charge < -0.3 is 10.1 Å². The third kappa shape index (κ3) is 4.10. The van der Waals surface area contributed by atoms with E-state index in [2.05, 4.69) is 10.4 Å². The van der Waals surface area contributed by atoms with Crippen LogP contribution in [0, 0.1) is 6.92 Å². The van der Waals surface area contributed by atoms with Crippen molar-refractivity contribution in [3.8, 4) is 5.69 Å². The third-order valence-corrected chi connectivity index (χ3v) is 5.47. The number of rotatable bonds is 6. The second-order valence-electron chi connectivity index (χ2n) is 7.36. The molecule has 0 saturated carbocycles. The molecule has 1 aromatic heterocycles. The van der Waals surface area contributed by atoms with Gasteiger partial charge in [-0.2, -0.15) is 0 Å². The number of nitrogens with one attached hydrogen (secondary N) is 2. The number of carbonyl (C=O) groups excluding carboxylic acids is 2. The maximum Gasteiger partial charge on any atom is 0.329 e. The van der Waals surface area contributed by atoms with Crippen LogP contribution in [0.25, 0.3) is 11.8 Å². The van der Waals surface area contributed by atoms with E-state index in [1.165, 1.54) is 17.9 Å². The maximum absolute atomic E-state index is 13.1. The van der Waals surface area contributed by atoms with Crippen LogP contribution in [-0.4, -0.2) is 33.7 Å². The van der Waals surface area contributed by atoms with E-state index in [1.54, 1.807) is 24.3 Å². The Morgan fingerprint density at radius 1 is 1.06 bits per heavy atom. The second kappa shape index (κ2) is 8.86. The van der Waals surface area contributed by atoms with Crippen LogP contribution in [0.2, 0.25) is 5.02 Å². The Bertz CT molecular complexity index is 1270. The van der Waals surface area contributed by atoms with Crippen molar-refractivity contribution in [1.29, 1.82) is 0 Å². The molecule has 0 spiro atoms. The first-order valence-electron chi connectivity index (χ1n) is 9.87. The molecule has 0 aliphatic carbocycles. The largest absolute Gasteiger partial charge is 0.378 e. The van der Waals surface area contributed by atoms with E-state index in [4.69, 9.17) is 16.3 Å². The SMILES string of the molecule is COCc1[nH]n(-c2ccc(Cl)cc2)c(=O)c1/C=C1\NC(=O)N(Cc2ccccc2C)C1=O. The van der Waals surface area contributed by atoms with Gasteiger partial charge in [-0.1, -0.05) is 35.9 Å². The topological polar surface area (TPSA) is 96.4 Å². The molecular formula is C23H21ClN4O4. The predicted molar refractivity (Wildman–Crippen MR) is 120 cm³/mol. The van der Waals surface area contributed by atoms with Gasteiger partial charge in [0.1, 0.15) is 5.70 Å². The zero-order valence-electron chi connectivity index (χ0n) is 17.5. The Labute approximate surface area is 189 Å². The smallest absolute Gasteiger partial charge is 0.329 e. The molecule has 3 aromatic rings. The summed E-state index contributed by atoms with van der Waals surface area (Å²) in [5.74, 6) is -0.500. The van der Waals surface area contributed by atoms with Crippen molar-refractivity contribution in [3.05, 3.63) is 92.0 Å². The number of ether oxygens (including phenoxy) is 1. The van der Waals surface area contributed by atoms with Crippen molar-refractivity contribution < 1.29 is 14.3 Å². The lowest BCUT2D eigenvalue weighted by molar-refractivity contribution is -0.123. The molecule has 9 heteroatoms. The average molecular weight is 453 g/mol. The predicted octanol–water partition coefficient (Wildman–Crippen LogP) is 3.37. The van der Waals surface area contributed by atoms with Crippen LogP contribution in [-0.2, 0) is 22.7 Å². The molecule has 0 radical (unpaired) electrons. The summed E-state index contributed by atoms with van der Waals surface area (Å²) < 4.78 is 6.54. The fourth-order valence-electron chi connectivity index (χ4n) is 3.49. The van der Waals surface area contributed by atoms with Crippen LogP contribution in [0.1, 0.15) is 22.4 Å². The van der Waals surface area contributed by atoms with Crippen molar-refractivity contribution in [2.45, 2.75) is 20.1 Å². The highest BCUT2D eigenvalue weighted by Gasteiger charge is 2.34. The average Bonchev–Trinajstić information content (AvgIpc) is 3.22. The Morgan fingerprint density at radius 3 is 2.47 bits per heavy atom. The van der Waals surface area contributed by atoms with Crippen LogP contribution in [0.3, 0.4) is 0 Å². The fraction of sp³-hybridized carbons (Fsp3) is 0.174. The second-order valence-corrected chi connectivity index (χ2v) is 7.80. The molecule has 1 saturated heterocycles. The quantitative estimate of drug-likeness (QED) is 0.442. The highest BCUT2D eigenvalue weighted by Crippen LogP contribution is 2.20. The van der Waals surface area contributed by atoms with E-state index in [0.717, 1.165) is 16.0 Å². The number of H-pyrrole nitrogens is 1. The number of aryl methyl sites for hydroxylation is 1. The number of benzene rings is 2. The minimum Gasteiger partial charge on any atom is -0.378 e. The summed E-state index contributed by atoms with van der Waals surface area (Å²) in [6.07, 6.45) is 1.39. The summed E-state index contributed by atoms with van der Waals surface area (Å²) in [5, 5.41) is 6.11. The monoisotopic (exact) mass is 452 g/mol. The van der Waals surface area contributed by atoms with Crippen molar-refractivity contribution in [1.82, 2.24) is 20.0 Å². The van der Waals surface area contributed by atoms with Gasteiger partial charge in [-0.25, -0.2) is 9.48 Å². The van der Waals surface area contributed by atoms with E-state index in [-0.39, 0.29) is 30.0 Å². The Hall–Kier alpha value is -3.62. The van der Waals surface area contributed by atoms with Gasteiger partial charge in [0.05, 0.1) is 30.1 Å². The van der Waals surface area contributed by atoms with Crippen molar-refractivity contribution in [2.24, 2.45) is 0 Å². The number of carbonyl (C=O) groups is 2. The number of aromatic amines is 1. The Kier molecular flexibility index (Phi) is 5.98. The van der Waals surface area contributed by atoms with Crippen molar-refractivity contribution >= 4 is 29.6 Å². The van der Waals surface area contributed by atoms with Gasteiger partial charge in [0.25, 0.3) is 11.5 Å². The molecule has 3 amide bonds. The number of methoxy groups -OCH3 is 1. The first kappa shape index (κ1) is 21.6. The minimum absolute atomic E-state index is 0.0280. The van der Waals surface area contributed by atoms with Gasteiger partial charge in [-0.3, -0.25) is 19.6 Å². The molecule has 2 heterocycles. The van der Waals surface area contributed by atoms with Crippen LogP contribution in [0.5, 0.6) is 0 Å². The van der Waals surface area contributed by atoms with E-state index >= 15 is 0 Å². The number of nitrogens with zero attached hydrogens (tertiary/aromatic N) is 2. The number of hydrogen-bond donors (Lipinski definition) is 2. The summed E-state index contributed by atoms with van der Waals surface area (Å²) in [7, 11) is 1.50. The molecule has 4 rings (SSSR count). The number of urea groups is 1. The molecule has 2 N–H and O–H groups in total. The molecule has 0 unspecified atom stereocenters. The number of aromatic nitrogens is 2. The lowest BCUT2D eigenvalue weighted by Gasteiger charge is -2.13. The van der Waals surface area contributed by atoms with E-state index in [0.29, 0.717) is 16.4 Å². The molecule has 164 valence electrons. The summed E-state index contributed by atoms with van der Waals surface area (Å²) in [4.78, 5) is 39.6. The van der Waals surface area contributed by atoms with Crippen molar-refractivity contribution in [3.63, 3.8) is 0 Å². The molecule has 0 bridgehead atoms. The number of hydrogen-bond acceptors (Lipinski definition) is 4. The Morgan fingerprint density at radius 2 is 1.78 bits per heavy atom. The zero-order chi connectivity index (χ0) is 22.8. The maximum atomic E-state index is 13.1. The fourth-order valence-corrected chi connectivity index (χ4v) is 3.61. The normalized spacial score (nSPS) is 15.0. The first-order valence-corrected chi connectivity index (χ1v) is 10.2. The van der Waals surface area contributed by atoms with E-state index < -0.39 is 11.9 Å². The summed E-state index contributed by atoms with van der Waals surface area (Å²) >= 11 is 5.94. The lowest BCUT2D eigenvalue weighted by atomic mass is 10.1. The number of amides is 3. The van der Waals surface area contributed by atoms with Gasteiger partial charge in [0.15, 0.2) is 0 Å². The molecule has 0 atom stereocenters. The van der Waals surface area contributed by atoms with E-state index in [1.807, 2.05) is 31.2 Å². The van der Waals surface area contributed by atoms with Gasteiger partial charge in [0, 0.05) is 12.1 Å². The molecule has 2 aromatic carbocycles. The van der Waals surface area contributed by atoms with Gasteiger partial charge >= 0.3 is 6.03 Å². The highest BCUT2D eigenvalue weighted by atomic mass is 35.5. The van der Waals surface area contributed by atoms with Gasteiger partial charge in [-0.05, 0) is 48.4 Å². The molecule has 32 heavy (non-hydrogen) atoms. The first-order chi connectivity index (χ1) is 15.4. The molecule has 1 fully saturated rings. The highest BCUT2D eigenvalue weighted by molar-refractivity contribution is 6.30. The van der Waals surface area contributed by atoms with Crippen molar-refractivity contribution in [2.75, 3.05) is 7.11 Å². The van der Waals surface area contributed by atoms with Crippen LogP contribution >= 0.6 is 11.6 Å². The molecular weight excluding hydrogens is 432 g/mol. The van der Waals surface area contributed by atoms with Crippen LogP contribution in [0.15, 0.2) is 59.0 Å². The standard InChI is InChI=1S/C23H21ClN4O4/c1-14-5-3-4-6-15(14)12-27-22(30)19(25-23(27)31)11-18-20(13-32-2)26-28(21(18)29)17-9-7-16(24)8-10-17/h3-11,26H,12-13H2,1-2H3,(H,25,31)/b19-11-. The van der Waals surface area contributed by atoms with E-state index in [9.17, 15) is 14.4 Å². The molecule has 1 aliphatic heterocycles. The summed E-state index contributed by atoms with van der Waals surface area (Å²) in [6, 6.07) is 13.7. The molecule has 1 aliphatic rings.